The highest BCUT2D eigenvalue weighted by molar-refractivity contribution is 5.93. The minimum atomic E-state index is 0.472. The summed E-state index contributed by atoms with van der Waals surface area (Å²) in [6, 6.07) is 48.7. The molecular weight excluding hydrogens is 725 g/mol. The van der Waals surface area contributed by atoms with Gasteiger partial charge in [0.05, 0.1) is 35.1 Å². The Labute approximate surface area is 330 Å². The molecule has 4 aromatic heterocycles. The molecule has 10 nitrogen and oxygen atoms in total. The van der Waals surface area contributed by atoms with Gasteiger partial charge in [0.15, 0.2) is 34.2 Å². The molecule has 0 amide bonds. The van der Waals surface area contributed by atoms with Crippen LogP contribution in [0.5, 0.6) is 23.0 Å². The van der Waals surface area contributed by atoms with Gasteiger partial charge in [-0.2, -0.15) is 0 Å². The first-order valence-corrected chi connectivity index (χ1v) is 18.7. The van der Waals surface area contributed by atoms with E-state index in [9.17, 15) is 0 Å². The lowest BCUT2D eigenvalue weighted by Crippen LogP contribution is -2.16. The highest BCUT2D eigenvalue weighted by Crippen LogP contribution is 2.53. The Morgan fingerprint density at radius 2 is 0.741 bits per heavy atom. The van der Waals surface area contributed by atoms with E-state index in [0.29, 0.717) is 34.0 Å². The molecule has 2 aliphatic heterocycles. The van der Waals surface area contributed by atoms with E-state index in [0.717, 1.165) is 79.4 Å². The van der Waals surface area contributed by atoms with Crippen molar-refractivity contribution in [2.24, 2.45) is 0 Å². The molecule has 10 heteroatoms. The minimum absolute atomic E-state index is 0.472. The number of fused-ring (bicyclic) bond motifs is 6. The summed E-state index contributed by atoms with van der Waals surface area (Å²) in [6.45, 7) is 0. The van der Waals surface area contributed by atoms with Gasteiger partial charge in [0.2, 0.25) is 11.8 Å². The van der Waals surface area contributed by atoms with Gasteiger partial charge >= 0.3 is 0 Å². The van der Waals surface area contributed by atoms with Crippen molar-refractivity contribution < 1.29 is 18.3 Å². The Bertz CT molecular complexity index is 2870. The molecule has 0 saturated carbocycles. The predicted octanol–water partition coefficient (Wildman–Crippen LogP) is 12.9. The topological polar surface area (TPSA) is 103 Å². The minimum Gasteiger partial charge on any atom is -0.453 e. The van der Waals surface area contributed by atoms with Gasteiger partial charge in [-0.1, -0.05) is 48.5 Å². The molecule has 0 radical (unpaired) electrons. The second-order valence-electron chi connectivity index (χ2n) is 14.0. The first-order chi connectivity index (χ1) is 28.7. The number of benzene rings is 6. The zero-order valence-electron chi connectivity index (χ0n) is 30.5. The Hall–Kier alpha value is -8.24. The van der Waals surface area contributed by atoms with Gasteiger partial charge in [-0.05, 0) is 96.1 Å². The fourth-order valence-electron chi connectivity index (χ4n) is 7.83. The van der Waals surface area contributed by atoms with Gasteiger partial charge in [-0.15, -0.1) is 0 Å². The van der Waals surface area contributed by atoms with Crippen LogP contribution in [0.25, 0.3) is 56.2 Å². The number of hydrogen-bond donors (Lipinski definition) is 0. The molecule has 0 unspecified atom stereocenters. The smallest absolute Gasteiger partial charge is 0.227 e. The lowest BCUT2D eigenvalue weighted by atomic mass is 9.97. The summed E-state index contributed by atoms with van der Waals surface area (Å²) in [5.74, 6) is 3.95. The molecular formula is C48H28N6O4. The molecule has 0 aliphatic carbocycles. The zero-order valence-corrected chi connectivity index (χ0v) is 30.5. The molecule has 0 spiro atoms. The molecule has 10 aromatic rings. The number of anilines is 6. The number of rotatable bonds is 5. The highest BCUT2D eigenvalue weighted by Gasteiger charge is 2.29. The fraction of sp³-hybridized carbons (Fsp3) is 0. The largest absolute Gasteiger partial charge is 0.453 e. The van der Waals surface area contributed by atoms with Gasteiger partial charge in [0.1, 0.15) is 11.0 Å². The number of pyridine rings is 2. The van der Waals surface area contributed by atoms with Crippen LogP contribution < -0.4 is 19.3 Å². The van der Waals surface area contributed by atoms with E-state index in [1.165, 1.54) is 0 Å². The van der Waals surface area contributed by atoms with Crippen molar-refractivity contribution in [1.82, 2.24) is 19.9 Å². The van der Waals surface area contributed by atoms with Crippen LogP contribution in [0.1, 0.15) is 0 Å². The number of para-hydroxylation sites is 8. The van der Waals surface area contributed by atoms with E-state index in [2.05, 4.69) is 80.4 Å². The van der Waals surface area contributed by atoms with Gasteiger partial charge in [0.25, 0.3) is 0 Å². The predicted molar refractivity (Wildman–Crippen MR) is 223 cm³/mol. The summed E-state index contributed by atoms with van der Waals surface area (Å²) < 4.78 is 25.6. The molecule has 2 aliphatic rings. The van der Waals surface area contributed by atoms with Crippen LogP contribution in [-0.4, -0.2) is 19.9 Å². The molecule has 0 fully saturated rings. The maximum Gasteiger partial charge on any atom is 0.227 e. The molecule has 0 atom stereocenters. The standard InChI is InChI=1S/C48H28N6O4/c1-5-13-43-37(9-1)53(38-10-2-6-14-44(38)55-43)33-23-29(21-31(25-33)47-51-35-27-49-19-17-41(35)57-47)30-22-32(48-52-36-28-50-20-18-42(36)58-48)26-34(24-30)54-39-11-3-7-15-45(39)56-46-16-8-4-12-40(46)54/h1-28H. The van der Waals surface area contributed by atoms with Gasteiger partial charge in [-0.25, -0.2) is 9.97 Å². The second kappa shape index (κ2) is 12.7. The van der Waals surface area contributed by atoms with Gasteiger partial charge < -0.3 is 28.1 Å². The van der Waals surface area contributed by atoms with Crippen LogP contribution in [0, 0.1) is 0 Å². The van der Waals surface area contributed by atoms with Crippen molar-refractivity contribution in [3.8, 4) is 57.0 Å². The van der Waals surface area contributed by atoms with Crippen molar-refractivity contribution in [1.29, 1.82) is 0 Å². The maximum atomic E-state index is 6.41. The van der Waals surface area contributed by atoms with Crippen LogP contribution in [-0.2, 0) is 0 Å². The van der Waals surface area contributed by atoms with E-state index < -0.39 is 0 Å². The number of nitrogens with zero attached hydrogens (tertiary/aromatic N) is 6. The van der Waals surface area contributed by atoms with E-state index in [-0.39, 0.29) is 0 Å². The molecule has 12 rings (SSSR count). The zero-order chi connectivity index (χ0) is 38.2. The molecule has 0 N–H and O–H groups in total. The van der Waals surface area contributed by atoms with E-state index in [1.807, 2.05) is 84.9 Å². The monoisotopic (exact) mass is 752 g/mol. The van der Waals surface area contributed by atoms with Gasteiger partial charge in [0, 0.05) is 47.0 Å². The highest BCUT2D eigenvalue weighted by atomic mass is 16.5. The summed E-state index contributed by atoms with van der Waals surface area (Å²) >= 11 is 0. The Balaban J connectivity index is 1.13. The molecule has 6 heterocycles. The SMILES string of the molecule is c1ccc2c(c1)Oc1ccccc1N2c1cc(-c2cc(-c3nc4cnccc4o3)cc(N3c4ccccc4Oc4ccccc43)c2)cc(-c2nc3cnccc3o2)c1. The number of ether oxygens (including phenoxy) is 2. The molecule has 0 saturated heterocycles. The average molecular weight is 753 g/mol. The van der Waals surface area contributed by atoms with Crippen molar-refractivity contribution in [3.63, 3.8) is 0 Å². The lowest BCUT2D eigenvalue weighted by molar-refractivity contribution is 0.476. The normalized spacial score (nSPS) is 12.7. The van der Waals surface area contributed by atoms with Crippen LogP contribution >= 0.6 is 0 Å². The first kappa shape index (κ1) is 32.0. The molecule has 0 bridgehead atoms. The Morgan fingerprint density at radius 3 is 1.12 bits per heavy atom. The van der Waals surface area contributed by atoms with E-state index >= 15 is 0 Å². The quantitative estimate of drug-likeness (QED) is 0.169. The summed E-state index contributed by atoms with van der Waals surface area (Å²) in [4.78, 5) is 22.8. The van der Waals surface area contributed by atoms with E-state index in [1.54, 1.807) is 24.8 Å². The average Bonchev–Trinajstić information content (AvgIpc) is 3.92. The van der Waals surface area contributed by atoms with Crippen LogP contribution in [0.3, 0.4) is 0 Å². The van der Waals surface area contributed by atoms with Crippen LogP contribution in [0.15, 0.2) is 179 Å². The Morgan fingerprint density at radius 1 is 0.379 bits per heavy atom. The molecule has 58 heavy (non-hydrogen) atoms. The third kappa shape index (κ3) is 5.20. The van der Waals surface area contributed by atoms with Crippen molar-refractivity contribution in [2.45, 2.75) is 0 Å². The summed E-state index contributed by atoms with van der Waals surface area (Å²) in [5.41, 5.74) is 11.4. The third-order valence-electron chi connectivity index (χ3n) is 10.4. The maximum absolute atomic E-state index is 6.41. The second-order valence-corrected chi connectivity index (χ2v) is 14.0. The van der Waals surface area contributed by atoms with Crippen LogP contribution in [0.4, 0.5) is 34.1 Å². The van der Waals surface area contributed by atoms with Crippen molar-refractivity contribution >= 4 is 56.3 Å². The van der Waals surface area contributed by atoms with Crippen molar-refractivity contribution in [2.75, 3.05) is 9.80 Å². The van der Waals surface area contributed by atoms with Crippen LogP contribution in [0.2, 0.25) is 0 Å². The summed E-state index contributed by atoms with van der Waals surface area (Å²) in [5, 5.41) is 0. The molecule has 274 valence electrons. The third-order valence-corrected chi connectivity index (χ3v) is 10.4. The number of aromatic nitrogens is 4. The Kier molecular flexibility index (Phi) is 6.99. The fourth-order valence-corrected chi connectivity index (χ4v) is 7.83. The molecule has 6 aromatic carbocycles. The van der Waals surface area contributed by atoms with Crippen molar-refractivity contribution in [3.05, 3.63) is 170 Å². The summed E-state index contributed by atoms with van der Waals surface area (Å²) in [7, 11) is 0. The van der Waals surface area contributed by atoms with Gasteiger partial charge in [-0.3, -0.25) is 9.97 Å². The van der Waals surface area contributed by atoms with E-state index in [4.69, 9.17) is 28.3 Å². The first-order valence-electron chi connectivity index (χ1n) is 18.7. The number of oxazole rings is 2. The lowest BCUT2D eigenvalue weighted by Gasteiger charge is -2.33. The number of hydrogen-bond acceptors (Lipinski definition) is 10. The summed E-state index contributed by atoms with van der Waals surface area (Å²) in [6.07, 6.45) is 6.84.